The minimum Gasteiger partial charge on any atom is -0.410 e. The van der Waals surface area contributed by atoms with Crippen molar-refractivity contribution in [1.82, 2.24) is 14.8 Å². The number of rotatable bonds is 3. The molecule has 1 aliphatic heterocycles. The first-order valence-electron chi connectivity index (χ1n) is 12.6. The molecule has 0 unspecified atom stereocenters. The largest absolute Gasteiger partial charge is 0.415 e. The van der Waals surface area contributed by atoms with E-state index in [0.717, 1.165) is 42.0 Å². The highest BCUT2D eigenvalue weighted by atomic mass is 35.5. The first kappa shape index (κ1) is 24.5. The summed E-state index contributed by atoms with van der Waals surface area (Å²) in [5.41, 5.74) is 8.48. The van der Waals surface area contributed by atoms with Crippen molar-refractivity contribution in [2.75, 3.05) is 27.2 Å². The molecule has 1 fully saturated rings. The van der Waals surface area contributed by atoms with Gasteiger partial charge >= 0.3 is 6.09 Å². The predicted octanol–water partition coefficient (Wildman–Crippen LogP) is 6.55. The molecule has 1 atom stereocenters. The second-order valence-corrected chi connectivity index (χ2v) is 10.3. The number of ether oxygens (including phenoxy) is 1. The number of hydrogen-bond donors (Lipinski definition) is 0. The zero-order valence-electron chi connectivity index (χ0n) is 21.1. The highest BCUT2D eigenvalue weighted by molar-refractivity contribution is 6.30. The molecule has 0 N–H and O–H groups in total. The van der Waals surface area contributed by atoms with Crippen molar-refractivity contribution >= 4 is 23.3 Å². The summed E-state index contributed by atoms with van der Waals surface area (Å²) in [7, 11) is 4.08. The van der Waals surface area contributed by atoms with Gasteiger partial charge in [0.05, 0.1) is 5.69 Å². The van der Waals surface area contributed by atoms with Gasteiger partial charge < -0.3 is 14.5 Å². The van der Waals surface area contributed by atoms with E-state index in [2.05, 4.69) is 36.1 Å². The summed E-state index contributed by atoms with van der Waals surface area (Å²) in [5.74, 6) is 0.586. The van der Waals surface area contributed by atoms with E-state index in [1.54, 1.807) is 0 Å². The number of fused-ring (bicyclic) bond motifs is 2. The number of aromatic nitrogens is 1. The molecule has 0 saturated carbocycles. The maximum Gasteiger partial charge on any atom is 0.415 e. The molecule has 1 amide bonds. The molecule has 3 aromatic rings. The number of hydrogen-bond acceptors (Lipinski definition) is 4. The molecule has 0 spiro atoms. The molecule has 5 rings (SSSR count). The smallest absolute Gasteiger partial charge is 0.410 e. The number of carbonyl (C=O) groups is 1. The lowest BCUT2D eigenvalue weighted by Crippen LogP contribution is -2.38. The summed E-state index contributed by atoms with van der Waals surface area (Å²) < 4.78 is 5.78. The van der Waals surface area contributed by atoms with Crippen LogP contribution in [0.2, 0.25) is 5.02 Å². The minimum atomic E-state index is -0.291. The summed E-state index contributed by atoms with van der Waals surface area (Å²) in [4.78, 5) is 21.7. The first-order valence-corrected chi connectivity index (χ1v) is 13.0. The van der Waals surface area contributed by atoms with Crippen molar-refractivity contribution in [2.45, 2.75) is 38.6 Å². The third-order valence-corrected chi connectivity index (χ3v) is 7.66. The van der Waals surface area contributed by atoms with Crippen LogP contribution in [0.3, 0.4) is 0 Å². The highest BCUT2D eigenvalue weighted by Gasteiger charge is 2.27. The van der Waals surface area contributed by atoms with Gasteiger partial charge in [-0.2, -0.15) is 0 Å². The van der Waals surface area contributed by atoms with Crippen molar-refractivity contribution in [1.29, 1.82) is 0 Å². The Hall–Kier alpha value is -3.15. The van der Waals surface area contributed by atoms with Gasteiger partial charge in [-0.25, -0.2) is 4.79 Å². The molecular weight excluding hydrogens is 470 g/mol. The van der Waals surface area contributed by atoms with Crippen LogP contribution in [0.4, 0.5) is 4.79 Å². The monoisotopic (exact) mass is 501 g/mol. The number of benzene rings is 2. The SMILES string of the molecule is C[C@@H](c1cccc(OC(=O)N2CCC(=C3c4ccc(Cl)cc4CCc4cccnc43)CC2)c1)N(C)C. The number of carbonyl (C=O) groups excluding carboxylic acids is 1. The van der Waals surface area contributed by atoms with Gasteiger partial charge in [0, 0.05) is 35.9 Å². The van der Waals surface area contributed by atoms with Crippen LogP contribution in [-0.4, -0.2) is 48.1 Å². The van der Waals surface area contributed by atoms with Gasteiger partial charge in [0.1, 0.15) is 5.75 Å². The van der Waals surface area contributed by atoms with Gasteiger partial charge in [-0.05, 0) is 99.3 Å². The average molecular weight is 502 g/mol. The Balaban J connectivity index is 1.37. The molecular formula is C30H32ClN3O2. The second-order valence-electron chi connectivity index (χ2n) is 9.86. The normalized spacial score (nSPS) is 16.3. The maximum absolute atomic E-state index is 13.0. The van der Waals surface area contributed by atoms with E-state index in [0.29, 0.717) is 18.8 Å². The van der Waals surface area contributed by atoms with E-state index in [1.807, 2.05) is 55.5 Å². The van der Waals surface area contributed by atoms with E-state index in [4.69, 9.17) is 21.3 Å². The molecule has 1 saturated heterocycles. The molecule has 6 heteroatoms. The second kappa shape index (κ2) is 10.5. The highest BCUT2D eigenvalue weighted by Crippen LogP contribution is 2.38. The lowest BCUT2D eigenvalue weighted by molar-refractivity contribution is 0.148. The molecule has 5 nitrogen and oxygen atoms in total. The average Bonchev–Trinajstić information content (AvgIpc) is 3.05. The van der Waals surface area contributed by atoms with Gasteiger partial charge in [0.25, 0.3) is 0 Å². The molecule has 186 valence electrons. The van der Waals surface area contributed by atoms with Crippen LogP contribution in [0.15, 0.2) is 66.4 Å². The Morgan fingerprint density at radius 1 is 1.00 bits per heavy atom. The number of aryl methyl sites for hydroxylation is 2. The molecule has 0 radical (unpaired) electrons. The topological polar surface area (TPSA) is 45.7 Å². The van der Waals surface area contributed by atoms with Gasteiger partial charge in [-0.3, -0.25) is 4.98 Å². The molecule has 2 heterocycles. The summed E-state index contributed by atoms with van der Waals surface area (Å²) in [5, 5.41) is 0.763. The lowest BCUT2D eigenvalue weighted by Gasteiger charge is -2.29. The Labute approximate surface area is 218 Å². The van der Waals surface area contributed by atoms with Crippen LogP contribution in [0.25, 0.3) is 5.57 Å². The number of pyridine rings is 1. The number of nitrogens with zero attached hydrogens (tertiary/aromatic N) is 3. The zero-order valence-corrected chi connectivity index (χ0v) is 21.9. The zero-order chi connectivity index (χ0) is 25.2. The van der Waals surface area contributed by atoms with Gasteiger partial charge in [-0.15, -0.1) is 0 Å². The third kappa shape index (κ3) is 5.04. The summed E-state index contributed by atoms with van der Waals surface area (Å²) in [6, 6.07) is 18.4. The van der Waals surface area contributed by atoms with Crippen molar-refractivity contribution in [3.8, 4) is 5.75 Å². The number of likely N-dealkylation sites (tertiary alicyclic amines) is 1. The molecule has 2 aromatic carbocycles. The standard InChI is InChI=1S/C30H32ClN3O2/c1-20(33(2)3)23-6-4-8-26(19-23)36-30(35)34-16-13-21(14-17-34)28-27-12-11-25(31)18-24(27)10-9-22-7-5-15-32-29(22)28/h4-8,11-12,15,18-20H,9-10,13-14,16-17H2,1-3H3/t20-/m0/s1. The van der Waals surface area contributed by atoms with Crippen molar-refractivity contribution in [2.24, 2.45) is 0 Å². The Morgan fingerprint density at radius 3 is 2.56 bits per heavy atom. The van der Waals surface area contributed by atoms with Crippen LogP contribution in [0, 0.1) is 0 Å². The molecule has 36 heavy (non-hydrogen) atoms. The fourth-order valence-electron chi connectivity index (χ4n) is 5.14. The van der Waals surface area contributed by atoms with Crippen molar-refractivity contribution in [3.05, 3.63) is 99.3 Å². The Morgan fingerprint density at radius 2 is 1.78 bits per heavy atom. The number of piperidine rings is 1. The summed E-state index contributed by atoms with van der Waals surface area (Å²) in [6.45, 7) is 3.38. The van der Waals surface area contributed by atoms with Gasteiger partial charge in [0.2, 0.25) is 0 Å². The molecule has 2 aliphatic rings. The molecule has 1 aromatic heterocycles. The van der Waals surface area contributed by atoms with Crippen LogP contribution >= 0.6 is 11.6 Å². The maximum atomic E-state index is 13.0. The minimum absolute atomic E-state index is 0.238. The summed E-state index contributed by atoms with van der Waals surface area (Å²) >= 11 is 6.35. The lowest BCUT2D eigenvalue weighted by atomic mass is 9.88. The molecule has 1 aliphatic carbocycles. The van der Waals surface area contributed by atoms with E-state index in [-0.39, 0.29) is 12.1 Å². The van der Waals surface area contributed by atoms with Gasteiger partial charge in [-0.1, -0.05) is 41.4 Å². The Kier molecular flexibility index (Phi) is 7.13. The van der Waals surface area contributed by atoms with Crippen molar-refractivity contribution in [3.63, 3.8) is 0 Å². The fraction of sp³-hybridized carbons (Fsp3) is 0.333. The van der Waals surface area contributed by atoms with E-state index in [9.17, 15) is 4.79 Å². The number of amides is 1. The van der Waals surface area contributed by atoms with E-state index >= 15 is 0 Å². The number of halogens is 1. The van der Waals surface area contributed by atoms with Gasteiger partial charge in [0.15, 0.2) is 0 Å². The van der Waals surface area contributed by atoms with Crippen molar-refractivity contribution < 1.29 is 9.53 Å². The fourth-order valence-corrected chi connectivity index (χ4v) is 5.34. The Bertz CT molecular complexity index is 1310. The first-order chi connectivity index (χ1) is 17.4. The van der Waals surface area contributed by atoms with Crippen LogP contribution in [0.1, 0.15) is 53.8 Å². The molecule has 0 bridgehead atoms. The van der Waals surface area contributed by atoms with Crippen LogP contribution in [-0.2, 0) is 12.8 Å². The summed E-state index contributed by atoms with van der Waals surface area (Å²) in [6.07, 6.45) is 5.05. The van der Waals surface area contributed by atoms with Crippen LogP contribution in [0.5, 0.6) is 5.75 Å². The van der Waals surface area contributed by atoms with Crippen LogP contribution < -0.4 is 4.74 Å². The predicted molar refractivity (Wildman–Crippen MR) is 144 cm³/mol. The quantitative estimate of drug-likeness (QED) is 0.408. The van der Waals surface area contributed by atoms with E-state index in [1.165, 1.54) is 27.8 Å². The van der Waals surface area contributed by atoms with E-state index < -0.39 is 0 Å². The third-order valence-electron chi connectivity index (χ3n) is 7.43.